The molecular weight excluding hydrogens is 222 g/mol. The first-order valence-corrected chi connectivity index (χ1v) is 6.58. The second kappa shape index (κ2) is 4.58. The molecule has 1 aliphatic carbocycles. The van der Waals surface area contributed by atoms with Crippen LogP contribution in [-0.4, -0.2) is 16.8 Å². The number of hydrogen-bond acceptors (Lipinski definition) is 2. The van der Waals surface area contributed by atoms with E-state index >= 15 is 0 Å². The van der Waals surface area contributed by atoms with Gasteiger partial charge in [-0.2, -0.15) is 5.10 Å². The summed E-state index contributed by atoms with van der Waals surface area (Å²) in [6.07, 6.45) is 4.68. The van der Waals surface area contributed by atoms with Crippen LogP contribution in [0.4, 0.5) is 0 Å². The summed E-state index contributed by atoms with van der Waals surface area (Å²) in [6.45, 7) is 3.00. The SMILES string of the molecule is CNCc1cc(C)ccc1-n1ccc(C2CC2)n1. The minimum atomic E-state index is 0.712. The molecule has 1 aromatic carbocycles. The number of aryl methyl sites for hydroxylation is 1. The fraction of sp³-hybridized carbons (Fsp3) is 0.400. The van der Waals surface area contributed by atoms with E-state index < -0.39 is 0 Å². The minimum Gasteiger partial charge on any atom is -0.316 e. The zero-order chi connectivity index (χ0) is 12.5. The molecule has 0 bridgehead atoms. The first kappa shape index (κ1) is 11.5. The molecule has 1 N–H and O–H groups in total. The van der Waals surface area contributed by atoms with Crippen molar-refractivity contribution >= 4 is 0 Å². The number of nitrogens with one attached hydrogen (secondary N) is 1. The topological polar surface area (TPSA) is 29.9 Å². The van der Waals surface area contributed by atoms with Gasteiger partial charge in [-0.15, -0.1) is 0 Å². The van der Waals surface area contributed by atoms with Gasteiger partial charge in [0.15, 0.2) is 0 Å². The molecular formula is C15H19N3. The normalized spacial score (nSPS) is 15.0. The maximum atomic E-state index is 4.70. The molecule has 3 rings (SSSR count). The third kappa shape index (κ3) is 2.18. The highest BCUT2D eigenvalue weighted by Gasteiger charge is 2.26. The van der Waals surface area contributed by atoms with Crippen LogP contribution in [0.5, 0.6) is 0 Å². The van der Waals surface area contributed by atoms with Crippen molar-refractivity contribution in [2.24, 2.45) is 0 Å². The van der Waals surface area contributed by atoms with Gasteiger partial charge in [0.05, 0.1) is 11.4 Å². The lowest BCUT2D eigenvalue weighted by atomic mass is 10.1. The van der Waals surface area contributed by atoms with Crippen LogP contribution in [0.15, 0.2) is 30.5 Å². The summed E-state index contributed by atoms with van der Waals surface area (Å²) in [7, 11) is 1.98. The van der Waals surface area contributed by atoms with Gasteiger partial charge in [-0.1, -0.05) is 17.7 Å². The van der Waals surface area contributed by atoms with E-state index in [2.05, 4.69) is 42.7 Å². The number of nitrogens with zero attached hydrogens (tertiary/aromatic N) is 2. The monoisotopic (exact) mass is 241 g/mol. The first-order valence-electron chi connectivity index (χ1n) is 6.58. The smallest absolute Gasteiger partial charge is 0.0690 e. The summed E-state index contributed by atoms with van der Waals surface area (Å²) in [5.74, 6) is 0.712. The van der Waals surface area contributed by atoms with Crippen molar-refractivity contribution < 1.29 is 0 Å². The van der Waals surface area contributed by atoms with Gasteiger partial charge in [0.25, 0.3) is 0 Å². The summed E-state index contributed by atoms with van der Waals surface area (Å²) in [5.41, 5.74) is 5.01. The Balaban J connectivity index is 1.97. The summed E-state index contributed by atoms with van der Waals surface area (Å²) in [4.78, 5) is 0. The van der Waals surface area contributed by atoms with Gasteiger partial charge in [-0.25, -0.2) is 4.68 Å². The van der Waals surface area contributed by atoms with Crippen LogP contribution >= 0.6 is 0 Å². The highest BCUT2D eigenvalue weighted by molar-refractivity contribution is 5.43. The molecule has 0 atom stereocenters. The molecule has 1 fully saturated rings. The molecule has 0 amide bonds. The molecule has 18 heavy (non-hydrogen) atoms. The molecule has 1 aromatic heterocycles. The van der Waals surface area contributed by atoms with Crippen molar-refractivity contribution in [3.8, 4) is 5.69 Å². The van der Waals surface area contributed by atoms with E-state index in [0.29, 0.717) is 5.92 Å². The second-order valence-electron chi connectivity index (χ2n) is 5.12. The third-order valence-corrected chi connectivity index (χ3v) is 3.45. The lowest BCUT2D eigenvalue weighted by Gasteiger charge is -2.10. The quantitative estimate of drug-likeness (QED) is 0.892. The molecule has 94 valence electrons. The van der Waals surface area contributed by atoms with Crippen molar-refractivity contribution in [2.45, 2.75) is 32.2 Å². The van der Waals surface area contributed by atoms with Crippen molar-refractivity contribution in [3.05, 3.63) is 47.3 Å². The van der Waals surface area contributed by atoms with Gasteiger partial charge >= 0.3 is 0 Å². The predicted molar refractivity (Wildman–Crippen MR) is 73.0 cm³/mol. The Morgan fingerprint density at radius 1 is 1.33 bits per heavy atom. The second-order valence-corrected chi connectivity index (χ2v) is 5.12. The Kier molecular flexibility index (Phi) is 2.92. The van der Waals surface area contributed by atoms with Gasteiger partial charge in [0.2, 0.25) is 0 Å². The number of rotatable bonds is 4. The van der Waals surface area contributed by atoms with E-state index in [4.69, 9.17) is 5.10 Å². The Labute approximate surface area is 108 Å². The van der Waals surface area contributed by atoms with E-state index in [1.807, 2.05) is 11.7 Å². The third-order valence-electron chi connectivity index (χ3n) is 3.45. The highest BCUT2D eigenvalue weighted by Crippen LogP contribution is 2.39. The largest absolute Gasteiger partial charge is 0.316 e. The Morgan fingerprint density at radius 3 is 2.89 bits per heavy atom. The van der Waals surface area contributed by atoms with Crippen LogP contribution in [0.3, 0.4) is 0 Å². The molecule has 1 aliphatic rings. The molecule has 0 radical (unpaired) electrons. The number of aromatic nitrogens is 2. The summed E-state index contributed by atoms with van der Waals surface area (Å²) in [5, 5.41) is 7.93. The maximum absolute atomic E-state index is 4.70. The van der Waals surface area contributed by atoms with E-state index in [1.165, 1.54) is 35.3 Å². The maximum Gasteiger partial charge on any atom is 0.0690 e. The molecule has 2 aromatic rings. The zero-order valence-electron chi connectivity index (χ0n) is 11.0. The van der Waals surface area contributed by atoms with Gasteiger partial charge in [-0.05, 0) is 44.5 Å². The van der Waals surface area contributed by atoms with Gasteiger partial charge < -0.3 is 5.32 Å². The summed E-state index contributed by atoms with van der Waals surface area (Å²) in [6, 6.07) is 8.68. The van der Waals surface area contributed by atoms with E-state index in [1.54, 1.807) is 0 Å². The van der Waals surface area contributed by atoms with Crippen molar-refractivity contribution in [1.29, 1.82) is 0 Å². The Hall–Kier alpha value is -1.61. The standard InChI is InChI=1S/C15H19N3/c1-11-3-6-15(13(9-11)10-16-2)18-8-7-14(17-18)12-4-5-12/h3,6-9,12,16H,4-5,10H2,1-2H3. The van der Waals surface area contributed by atoms with Gasteiger partial charge in [-0.3, -0.25) is 0 Å². The van der Waals surface area contributed by atoms with Crippen LogP contribution in [0, 0.1) is 6.92 Å². The van der Waals surface area contributed by atoms with Crippen LogP contribution in [0.25, 0.3) is 5.69 Å². The van der Waals surface area contributed by atoms with Crippen molar-refractivity contribution in [1.82, 2.24) is 15.1 Å². The van der Waals surface area contributed by atoms with Gasteiger partial charge in [0, 0.05) is 18.7 Å². The van der Waals surface area contributed by atoms with Crippen LogP contribution < -0.4 is 5.32 Å². The summed E-state index contributed by atoms with van der Waals surface area (Å²) < 4.78 is 2.01. The molecule has 1 saturated carbocycles. The molecule has 0 spiro atoms. The van der Waals surface area contributed by atoms with Gasteiger partial charge in [0.1, 0.15) is 0 Å². The fourth-order valence-corrected chi connectivity index (χ4v) is 2.34. The lowest BCUT2D eigenvalue weighted by Crippen LogP contribution is -2.10. The minimum absolute atomic E-state index is 0.712. The predicted octanol–water partition coefficient (Wildman–Crippen LogP) is 2.78. The molecule has 3 nitrogen and oxygen atoms in total. The molecule has 3 heteroatoms. The summed E-state index contributed by atoms with van der Waals surface area (Å²) >= 11 is 0. The molecule has 1 heterocycles. The average molecular weight is 241 g/mol. The van der Waals surface area contributed by atoms with Crippen LogP contribution in [0.2, 0.25) is 0 Å². The molecule has 0 aliphatic heterocycles. The zero-order valence-corrected chi connectivity index (χ0v) is 11.0. The van der Waals surface area contributed by atoms with E-state index in [-0.39, 0.29) is 0 Å². The van der Waals surface area contributed by atoms with Crippen molar-refractivity contribution in [3.63, 3.8) is 0 Å². The lowest BCUT2D eigenvalue weighted by molar-refractivity contribution is 0.778. The Bertz CT molecular complexity index is 553. The van der Waals surface area contributed by atoms with E-state index in [9.17, 15) is 0 Å². The molecule has 0 saturated heterocycles. The van der Waals surface area contributed by atoms with Crippen molar-refractivity contribution in [2.75, 3.05) is 7.05 Å². The first-order chi connectivity index (χ1) is 8.78. The molecule has 0 unspecified atom stereocenters. The number of benzene rings is 1. The highest BCUT2D eigenvalue weighted by atomic mass is 15.3. The van der Waals surface area contributed by atoms with E-state index in [0.717, 1.165) is 6.54 Å². The average Bonchev–Trinajstić information content (AvgIpc) is 3.09. The fourth-order valence-electron chi connectivity index (χ4n) is 2.34. The Morgan fingerprint density at radius 2 is 2.17 bits per heavy atom. The number of hydrogen-bond donors (Lipinski definition) is 1. The van der Waals surface area contributed by atoms with Crippen LogP contribution in [-0.2, 0) is 6.54 Å². The van der Waals surface area contributed by atoms with Crippen LogP contribution in [0.1, 0.15) is 35.6 Å².